The van der Waals surface area contributed by atoms with Gasteiger partial charge in [-0.15, -0.1) is 0 Å². The normalized spacial score (nSPS) is 12.8. The molecule has 0 spiro atoms. The van der Waals surface area contributed by atoms with Crippen LogP contribution in [-0.4, -0.2) is 58.3 Å². The molecular formula is C22H25F5N4O5. The first kappa shape index (κ1) is 28.7. The van der Waals surface area contributed by atoms with E-state index in [2.05, 4.69) is 25.3 Å². The Balaban J connectivity index is 2.24. The van der Waals surface area contributed by atoms with Crippen LogP contribution < -0.4 is 20.1 Å². The zero-order chi connectivity index (χ0) is 27.3. The number of carbonyl (C=O) groups is 2. The third-order valence-corrected chi connectivity index (χ3v) is 4.43. The van der Waals surface area contributed by atoms with Gasteiger partial charge in [0.25, 0.3) is 18.2 Å². The Hall–Kier alpha value is -3.55. The molecule has 0 aromatic carbocycles. The molecule has 3 N–H and O–H groups in total. The maximum Gasteiger partial charge on any atom is 0.422 e. The summed E-state index contributed by atoms with van der Waals surface area (Å²) in [5, 5.41) is 14.9. The number of hydrogen-bond acceptors (Lipinski definition) is 7. The van der Waals surface area contributed by atoms with Crippen LogP contribution in [0, 0.1) is 6.92 Å². The number of ether oxygens (including phenoxy) is 2. The van der Waals surface area contributed by atoms with Gasteiger partial charge in [-0.1, -0.05) is 0 Å². The van der Waals surface area contributed by atoms with Crippen LogP contribution >= 0.6 is 0 Å². The molecule has 0 aliphatic carbocycles. The number of carbonyl (C=O) groups excluding carboxylic acids is 2. The minimum atomic E-state index is -4.66. The predicted molar refractivity (Wildman–Crippen MR) is 117 cm³/mol. The van der Waals surface area contributed by atoms with Gasteiger partial charge in [-0.3, -0.25) is 9.59 Å². The number of amides is 2. The fourth-order valence-electron chi connectivity index (χ4n) is 2.72. The van der Waals surface area contributed by atoms with Crippen molar-refractivity contribution in [3.05, 3.63) is 41.1 Å². The summed E-state index contributed by atoms with van der Waals surface area (Å²) in [7, 11) is 0. The molecule has 0 bridgehead atoms. The predicted octanol–water partition coefficient (Wildman–Crippen LogP) is 3.57. The lowest BCUT2D eigenvalue weighted by Crippen LogP contribution is -2.37. The highest BCUT2D eigenvalue weighted by molar-refractivity contribution is 5.97. The van der Waals surface area contributed by atoms with Crippen LogP contribution in [0.1, 0.15) is 48.4 Å². The molecular weight excluding hydrogens is 495 g/mol. The van der Waals surface area contributed by atoms with E-state index in [9.17, 15) is 36.6 Å². The molecule has 0 saturated carbocycles. The van der Waals surface area contributed by atoms with E-state index in [0.717, 1.165) is 12.1 Å². The number of pyridine rings is 2. The van der Waals surface area contributed by atoms with Crippen molar-refractivity contribution in [2.75, 3.05) is 18.5 Å². The quantitative estimate of drug-likeness (QED) is 0.410. The fourth-order valence-corrected chi connectivity index (χ4v) is 2.72. The molecule has 0 radical (unpaired) electrons. The Bertz CT molecular complexity index is 1090. The average molecular weight is 520 g/mol. The molecule has 0 aliphatic heterocycles. The summed E-state index contributed by atoms with van der Waals surface area (Å²) < 4.78 is 71.8. The van der Waals surface area contributed by atoms with E-state index in [1.165, 1.54) is 19.9 Å². The van der Waals surface area contributed by atoms with Gasteiger partial charge in [-0.05, 0) is 51.5 Å². The summed E-state index contributed by atoms with van der Waals surface area (Å²) >= 11 is 0. The van der Waals surface area contributed by atoms with Gasteiger partial charge in [0.15, 0.2) is 13.2 Å². The molecule has 9 nitrogen and oxygen atoms in total. The maximum atomic E-state index is 12.8. The minimum Gasteiger partial charge on any atom is -0.471 e. The summed E-state index contributed by atoms with van der Waals surface area (Å²) in [6.45, 7) is 2.98. The second-order valence-electron chi connectivity index (χ2n) is 8.24. The number of halogens is 5. The van der Waals surface area contributed by atoms with Crippen LogP contribution in [-0.2, 0) is 4.79 Å². The first-order valence-corrected chi connectivity index (χ1v) is 10.5. The molecule has 1 unspecified atom stereocenters. The molecule has 2 heterocycles. The fraction of sp³-hybridized carbons (Fsp3) is 0.455. The Kier molecular flexibility index (Phi) is 9.13. The van der Waals surface area contributed by atoms with Crippen molar-refractivity contribution in [2.45, 2.75) is 51.9 Å². The van der Waals surface area contributed by atoms with Crippen molar-refractivity contribution >= 4 is 17.6 Å². The van der Waals surface area contributed by atoms with E-state index in [1.54, 1.807) is 19.9 Å². The number of rotatable bonds is 10. The second-order valence-corrected chi connectivity index (χ2v) is 8.24. The number of aryl methyl sites for hydroxylation is 1. The maximum absolute atomic E-state index is 12.8. The molecule has 198 valence electrons. The highest BCUT2D eigenvalue weighted by atomic mass is 19.4. The molecule has 2 amide bonds. The van der Waals surface area contributed by atoms with Crippen LogP contribution in [0.15, 0.2) is 24.3 Å². The number of aromatic nitrogens is 2. The molecule has 2 aromatic heterocycles. The number of alkyl halides is 5. The third-order valence-electron chi connectivity index (χ3n) is 4.43. The minimum absolute atomic E-state index is 0.118. The summed E-state index contributed by atoms with van der Waals surface area (Å²) in [5.74, 6) is -2.62. The van der Waals surface area contributed by atoms with Gasteiger partial charge in [0.1, 0.15) is 17.0 Å². The second kappa shape index (κ2) is 11.5. The van der Waals surface area contributed by atoms with Crippen molar-refractivity contribution in [1.29, 1.82) is 0 Å². The molecule has 1 atom stereocenters. The van der Waals surface area contributed by atoms with Gasteiger partial charge < -0.3 is 25.2 Å². The van der Waals surface area contributed by atoms with E-state index < -0.39 is 61.0 Å². The summed E-state index contributed by atoms with van der Waals surface area (Å²) in [5.41, 5.74) is -1.00. The van der Waals surface area contributed by atoms with Crippen molar-refractivity contribution in [2.24, 2.45) is 0 Å². The molecule has 0 aliphatic rings. The zero-order valence-electron chi connectivity index (χ0n) is 19.7. The molecule has 2 rings (SSSR count). The van der Waals surface area contributed by atoms with E-state index >= 15 is 0 Å². The molecule has 14 heteroatoms. The number of nitrogens with zero attached hydrogens (tertiary/aromatic N) is 2. The van der Waals surface area contributed by atoms with Crippen LogP contribution in [0.3, 0.4) is 0 Å². The van der Waals surface area contributed by atoms with E-state index in [0.29, 0.717) is 11.3 Å². The first-order chi connectivity index (χ1) is 16.5. The smallest absolute Gasteiger partial charge is 0.422 e. The monoisotopic (exact) mass is 520 g/mol. The lowest BCUT2D eigenvalue weighted by atomic mass is 10.1. The van der Waals surface area contributed by atoms with Crippen LogP contribution in [0.2, 0.25) is 0 Å². The Morgan fingerprint density at radius 3 is 2.36 bits per heavy atom. The van der Waals surface area contributed by atoms with E-state index in [-0.39, 0.29) is 11.4 Å². The Morgan fingerprint density at radius 2 is 1.78 bits per heavy atom. The van der Waals surface area contributed by atoms with Gasteiger partial charge in [0.05, 0.1) is 6.04 Å². The van der Waals surface area contributed by atoms with E-state index in [4.69, 9.17) is 4.74 Å². The highest BCUT2D eigenvalue weighted by Gasteiger charge is 2.29. The Labute approximate surface area is 203 Å². The summed E-state index contributed by atoms with van der Waals surface area (Å²) in [4.78, 5) is 32.7. The van der Waals surface area contributed by atoms with Crippen molar-refractivity contribution < 1.29 is 46.1 Å². The van der Waals surface area contributed by atoms with Gasteiger partial charge >= 0.3 is 6.18 Å². The summed E-state index contributed by atoms with van der Waals surface area (Å²) in [6.07, 6.45) is -7.59. The Morgan fingerprint density at radius 1 is 1.11 bits per heavy atom. The topological polar surface area (TPSA) is 123 Å². The molecule has 0 saturated heterocycles. The third kappa shape index (κ3) is 8.91. The number of hydrogen-bond donors (Lipinski definition) is 3. The van der Waals surface area contributed by atoms with Gasteiger partial charge in [0.2, 0.25) is 11.8 Å². The SMILES string of the molecule is Cc1cc(C(C)NC(=O)c2ccc(OCC(F)(F)F)nc2OCC(F)F)cc(NC(=O)C(C)(C)O)n1. The molecule has 2 aromatic rings. The number of nitrogens with one attached hydrogen (secondary N) is 2. The van der Waals surface area contributed by atoms with Crippen molar-refractivity contribution in [3.63, 3.8) is 0 Å². The largest absolute Gasteiger partial charge is 0.471 e. The molecule has 0 fully saturated rings. The number of aliphatic hydroxyl groups is 1. The van der Waals surface area contributed by atoms with Gasteiger partial charge in [-0.2, -0.15) is 18.2 Å². The van der Waals surface area contributed by atoms with E-state index in [1.807, 2.05) is 0 Å². The first-order valence-electron chi connectivity index (χ1n) is 10.5. The zero-order valence-corrected chi connectivity index (χ0v) is 19.7. The van der Waals surface area contributed by atoms with Gasteiger partial charge in [-0.25, -0.2) is 13.8 Å². The van der Waals surface area contributed by atoms with Crippen LogP contribution in [0.25, 0.3) is 0 Å². The highest BCUT2D eigenvalue weighted by Crippen LogP contribution is 2.25. The summed E-state index contributed by atoms with van der Waals surface area (Å²) in [6, 6.07) is 4.38. The van der Waals surface area contributed by atoms with Crippen LogP contribution in [0.5, 0.6) is 11.8 Å². The molecule has 36 heavy (non-hydrogen) atoms. The van der Waals surface area contributed by atoms with Gasteiger partial charge in [0, 0.05) is 11.8 Å². The lowest BCUT2D eigenvalue weighted by Gasteiger charge is -2.19. The number of anilines is 1. The lowest BCUT2D eigenvalue weighted by molar-refractivity contribution is -0.154. The average Bonchev–Trinajstić information content (AvgIpc) is 2.74. The standard InChI is InChI=1S/C22H25F5N4O5/c1-11-7-13(8-16(28-11)30-20(33)21(3,4)34)12(2)29-18(32)14-5-6-17(36-10-22(25,26)27)31-19(14)35-9-15(23)24/h5-8,12,15,34H,9-10H2,1-4H3,(H,29,32)(H,28,30,33). The van der Waals surface area contributed by atoms with Crippen LogP contribution in [0.4, 0.5) is 27.8 Å². The van der Waals surface area contributed by atoms with Crippen molar-refractivity contribution in [3.8, 4) is 11.8 Å². The van der Waals surface area contributed by atoms with Crippen molar-refractivity contribution in [1.82, 2.24) is 15.3 Å².